The van der Waals surface area contributed by atoms with Crippen molar-refractivity contribution in [3.8, 4) is 5.88 Å². The van der Waals surface area contributed by atoms with Gasteiger partial charge in [-0.2, -0.15) is 4.98 Å². The molecule has 1 atom stereocenters. The van der Waals surface area contributed by atoms with Crippen LogP contribution in [0, 0.1) is 12.7 Å². The number of hydrogen-bond acceptors (Lipinski definition) is 4. The van der Waals surface area contributed by atoms with Gasteiger partial charge in [0, 0.05) is 17.3 Å². The lowest BCUT2D eigenvalue weighted by atomic mass is 10.1. The number of halogens is 2. The molecule has 2 rings (SSSR count). The standard InChI is InChI=1S/C13H13F2N3O/c1-7-6-10(19-2)18-13(17-7)11(15)8-4-3-5-9(14)12(8)16/h3-6,11H,16H2,1-2H3. The molecule has 1 unspecified atom stereocenters. The molecule has 2 N–H and O–H groups in total. The smallest absolute Gasteiger partial charge is 0.216 e. The Kier molecular flexibility index (Phi) is 3.59. The third kappa shape index (κ3) is 2.62. The molecule has 0 radical (unpaired) electrons. The van der Waals surface area contributed by atoms with E-state index in [2.05, 4.69) is 9.97 Å². The Morgan fingerprint density at radius 3 is 2.74 bits per heavy atom. The van der Waals surface area contributed by atoms with E-state index in [-0.39, 0.29) is 23.0 Å². The van der Waals surface area contributed by atoms with E-state index >= 15 is 0 Å². The van der Waals surface area contributed by atoms with Crippen molar-refractivity contribution in [3.05, 3.63) is 47.2 Å². The number of aromatic nitrogens is 2. The minimum atomic E-state index is -1.70. The molecular formula is C13H13F2N3O. The van der Waals surface area contributed by atoms with Crippen molar-refractivity contribution < 1.29 is 13.5 Å². The van der Waals surface area contributed by atoms with Crippen LogP contribution in [0.15, 0.2) is 24.3 Å². The lowest BCUT2D eigenvalue weighted by molar-refractivity contribution is 0.361. The van der Waals surface area contributed by atoms with Gasteiger partial charge in [0.2, 0.25) is 5.88 Å². The molecule has 0 fully saturated rings. The molecule has 0 aliphatic carbocycles. The van der Waals surface area contributed by atoms with Gasteiger partial charge in [0.15, 0.2) is 12.0 Å². The molecule has 1 heterocycles. The second-order valence-corrected chi connectivity index (χ2v) is 4.02. The van der Waals surface area contributed by atoms with Crippen LogP contribution in [-0.2, 0) is 0 Å². The summed E-state index contributed by atoms with van der Waals surface area (Å²) in [5.74, 6) is -0.519. The van der Waals surface area contributed by atoms with E-state index in [0.717, 1.165) is 0 Å². The van der Waals surface area contributed by atoms with E-state index in [1.165, 1.54) is 25.3 Å². The molecule has 1 aromatic heterocycles. The van der Waals surface area contributed by atoms with Crippen molar-refractivity contribution in [2.24, 2.45) is 0 Å². The molecule has 100 valence electrons. The number of alkyl halides is 1. The van der Waals surface area contributed by atoms with E-state index in [1.54, 1.807) is 13.0 Å². The molecule has 0 saturated heterocycles. The molecule has 0 amide bonds. The topological polar surface area (TPSA) is 61.0 Å². The summed E-state index contributed by atoms with van der Waals surface area (Å²) in [6.45, 7) is 1.69. The van der Waals surface area contributed by atoms with Crippen molar-refractivity contribution >= 4 is 5.69 Å². The molecule has 19 heavy (non-hydrogen) atoms. The number of hydrogen-bond donors (Lipinski definition) is 1. The van der Waals surface area contributed by atoms with Crippen molar-refractivity contribution in [1.82, 2.24) is 9.97 Å². The minimum Gasteiger partial charge on any atom is -0.481 e. The number of para-hydroxylation sites is 1. The van der Waals surface area contributed by atoms with Gasteiger partial charge in [-0.25, -0.2) is 13.8 Å². The van der Waals surface area contributed by atoms with Crippen LogP contribution in [0.2, 0.25) is 0 Å². The maximum absolute atomic E-state index is 14.4. The lowest BCUT2D eigenvalue weighted by Crippen LogP contribution is -2.07. The molecule has 0 bridgehead atoms. The van der Waals surface area contributed by atoms with Gasteiger partial charge in [-0.1, -0.05) is 12.1 Å². The summed E-state index contributed by atoms with van der Waals surface area (Å²) in [4.78, 5) is 7.90. The zero-order chi connectivity index (χ0) is 14.0. The average molecular weight is 265 g/mol. The van der Waals surface area contributed by atoms with Crippen LogP contribution in [0.1, 0.15) is 23.3 Å². The first kappa shape index (κ1) is 13.2. The van der Waals surface area contributed by atoms with E-state index in [9.17, 15) is 8.78 Å². The van der Waals surface area contributed by atoms with Crippen LogP contribution in [-0.4, -0.2) is 17.1 Å². The normalized spacial score (nSPS) is 12.2. The molecule has 0 aliphatic rings. The fraction of sp³-hybridized carbons (Fsp3) is 0.231. The van der Waals surface area contributed by atoms with Gasteiger partial charge in [-0.15, -0.1) is 0 Å². The van der Waals surface area contributed by atoms with Crippen LogP contribution in [0.3, 0.4) is 0 Å². The molecule has 4 nitrogen and oxygen atoms in total. The second kappa shape index (κ2) is 5.17. The van der Waals surface area contributed by atoms with Gasteiger partial charge in [-0.3, -0.25) is 0 Å². The van der Waals surface area contributed by atoms with Crippen molar-refractivity contribution in [2.45, 2.75) is 13.1 Å². The number of benzene rings is 1. The Hall–Kier alpha value is -2.24. The third-order valence-corrected chi connectivity index (χ3v) is 2.64. The second-order valence-electron chi connectivity index (χ2n) is 4.02. The first-order valence-corrected chi connectivity index (χ1v) is 5.60. The predicted molar refractivity (Wildman–Crippen MR) is 67.1 cm³/mol. The molecule has 0 aliphatic heterocycles. The highest BCUT2D eigenvalue weighted by Crippen LogP contribution is 2.30. The Bertz CT molecular complexity index is 604. The number of nitrogens with two attached hydrogens (primary N) is 1. The van der Waals surface area contributed by atoms with Crippen molar-refractivity contribution in [3.63, 3.8) is 0 Å². The Balaban J connectivity index is 2.46. The number of ether oxygens (including phenoxy) is 1. The summed E-state index contributed by atoms with van der Waals surface area (Å²) in [6, 6.07) is 5.54. The summed E-state index contributed by atoms with van der Waals surface area (Å²) < 4.78 is 32.7. The molecule has 1 aromatic carbocycles. The quantitative estimate of drug-likeness (QED) is 0.866. The molecule has 6 heteroatoms. The third-order valence-electron chi connectivity index (χ3n) is 2.64. The zero-order valence-electron chi connectivity index (χ0n) is 10.5. The van der Waals surface area contributed by atoms with Crippen LogP contribution >= 0.6 is 0 Å². The highest BCUT2D eigenvalue weighted by atomic mass is 19.1. The largest absolute Gasteiger partial charge is 0.481 e. The fourth-order valence-electron chi connectivity index (χ4n) is 1.69. The summed E-state index contributed by atoms with van der Waals surface area (Å²) in [7, 11) is 1.43. The maximum atomic E-state index is 14.4. The highest BCUT2D eigenvalue weighted by Gasteiger charge is 2.21. The highest BCUT2D eigenvalue weighted by molar-refractivity contribution is 5.50. The summed E-state index contributed by atoms with van der Waals surface area (Å²) in [5, 5.41) is 0. The maximum Gasteiger partial charge on any atom is 0.216 e. The van der Waals surface area contributed by atoms with Crippen LogP contribution < -0.4 is 10.5 Å². The fourth-order valence-corrected chi connectivity index (χ4v) is 1.69. The predicted octanol–water partition coefficient (Wildman–Crippen LogP) is 2.57. The van der Waals surface area contributed by atoms with E-state index in [0.29, 0.717) is 5.69 Å². The number of aryl methyl sites for hydroxylation is 1. The number of rotatable bonds is 3. The minimum absolute atomic E-state index is 0.00709. The zero-order valence-corrected chi connectivity index (χ0v) is 10.5. The van der Waals surface area contributed by atoms with Crippen molar-refractivity contribution in [1.29, 1.82) is 0 Å². The van der Waals surface area contributed by atoms with Crippen LogP contribution in [0.4, 0.5) is 14.5 Å². The van der Waals surface area contributed by atoms with E-state index < -0.39 is 12.0 Å². The number of anilines is 1. The molecular weight excluding hydrogens is 252 g/mol. The van der Waals surface area contributed by atoms with Gasteiger partial charge >= 0.3 is 0 Å². The van der Waals surface area contributed by atoms with Gasteiger partial charge in [-0.05, 0) is 13.0 Å². The summed E-state index contributed by atoms with van der Waals surface area (Å²) >= 11 is 0. The van der Waals surface area contributed by atoms with Gasteiger partial charge in [0.05, 0.1) is 12.8 Å². The summed E-state index contributed by atoms with van der Waals surface area (Å²) in [5.41, 5.74) is 5.85. The first-order chi connectivity index (χ1) is 9.02. The molecule has 0 spiro atoms. The van der Waals surface area contributed by atoms with Crippen LogP contribution in [0.25, 0.3) is 0 Å². The molecule has 2 aromatic rings. The van der Waals surface area contributed by atoms with E-state index in [4.69, 9.17) is 10.5 Å². The first-order valence-electron chi connectivity index (χ1n) is 5.60. The van der Waals surface area contributed by atoms with Crippen molar-refractivity contribution in [2.75, 3.05) is 12.8 Å². The number of methoxy groups -OCH3 is 1. The Morgan fingerprint density at radius 1 is 1.32 bits per heavy atom. The SMILES string of the molecule is COc1cc(C)nc(C(F)c2cccc(F)c2N)n1. The van der Waals surface area contributed by atoms with E-state index in [1.807, 2.05) is 0 Å². The van der Waals surface area contributed by atoms with Gasteiger partial charge in [0.25, 0.3) is 0 Å². The monoisotopic (exact) mass is 265 g/mol. The lowest BCUT2D eigenvalue weighted by Gasteiger charge is -2.12. The summed E-state index contributed by atoms with van der Waals surface area (Å²) in [6.07, 6.45) is -1.70. The Morgan fingerprint density at radius 2 is 2.05 bits per heavy atom. The van der Waals surface area contributed by atoms with Gasteiger partial charge < -0.3 is 10.5 Å². The molecule has 0 saturated carbocycles. The van der Waals surface area contributed by atoms with Crippen LogP contribution in [0.5, 0.6) is 5.88 Å². The van der Waals surface area contributed by atoms with Gasteiger partial charge in [0.1, 0.15) is 5.82 Å². The Labute approximate surface area is 109 Å². The number of nitrogen functional groups attached to an aromatic ring is 1. The average Bonchev–Trinajstić information content (AvgIpc) is 2.40. The number of nitrogens with zero attached hydrogens (tertiary/aromatic N) is 2.